The second-order valence-electron chi connectivity index (χ2n) is 5.25. The Labute approximate surface area is 116 Å². The van der Waals surface area contributed by atoms with E-state index in [1.807, 2.05) is 0 Å². The minimum Gasteiger partial charge on any atom is -0.373 e. The Morgan fingerprint density at radius 2 is 1.95 bits per heavy atom. The Hall–Kier alpha value is -0.940. The van der Waals surface area contributed by atoms with Gasteiger partial charge in [-0.05, 0) is 18.9 Å². The van der Waals surface area contributed by atoms with Crippen molar-refractivity contribution in [1.82, 2.24) is 15.5 Å². The third kappa shape index (κ3) is 4.01. The first-order chi connectivity index (χ1) is 9.04. The van der Waals surface area contributed by atoms with Crippen LogP contribution in [0.4, 0.5) is 0 Å². The molecule has 0 aliphatic rings. The molecule has 0 aliphatic carbocycles. The Morgan fingerprint density at radius 1 is 1.26 bits per heavy atom. The van der Waals surface area contributed by atoms with Crippen molar-refractivity contribution in [1.29, 1.82) is 0 Å². The third-order valence-electron chi connectivity index (χ3n) is 3.47. The first-order valence-electron chi connectivity index (χ1n) is 7.14. The van der Waals surface area contributed by atoms with Crippen LogP contribution in [0.5, 0.6) is 0 Å². The Morgan fingerprint density at radius 3 is 2.42 bits per heavy atom. The number of likely N-dealkylation sites (N-methyl/N-ethyl adjacent to an activating group) is 1. The highest BCUT2D eigenvalue weighted by atomic mass is 16.5. The van der Waals surface area contributed by atoms with Crippen molar-refractivity contribution in [2.24, 2.45) is 5.92 Å². The SMILES string of the molecule is CCNC(CC)C(C)c1nc(C(OC)C(C)C)no1. The summed E-state index contributed by atoms with van der Waals surface area (Å²) < 4.78 is 10.8. The summed E-state index contributed by atoms with van der Waals surface area (Å²) in [7, 11) is 1.68. The van der Waals surface area contributed by atoms with Gasteiger partial charge < -0.3 is 14.6 Å². The molecular weight excluding hydrogens is 242 g/mol. The molecule has 0 bridgehead atoms. The zero-order chi connectivity index (χ0) is 14.4. The third-order valence-corrected chi connectivity index (χ3v) is 3.47. The molecule has 3 unspecified atom stereocenters. The molecule has 3 atom stereocenters. The van der Waals surface area contributed by atoms with Crippen molar-refractivity contribution in [3.8, 4) is 0 Å². The first-order valence-corrected chi connectivity index (χ1v) is 7.14. The fourth-order valence-electron chi connectivity index (χ4n) is 2.33. The van der Waals surface area contributed by atoms with E-state index in [0.717, 1.165) is 13.0 Å². The van der Waals surface area contributed by atoms with E-state index >= 15 is 0 Å². The quantitative estimate of drug-likeness (QED) is 0.786. The molecule has 1 N–H and O–H groups in total. The molecule has 0 fully saturated rings. The lowest BCUT2D eigenvalue weighted by atomic mass is 9.99. The van der Waals surface area contributed by atoms with Crippen LogP contribution in [0, 0.1) is 5.92 Å². The van der Waals surface area contributed by atoms with E-state index < -0.39 is 0 Å². The van der Waals surface area contributed by atoms with Gasteiger partial charge in [-0.25, -0.2) is 0 Å². The molecule has 1 heterocycles. The highest BCUT2D eigenvalue weighted by Crippen LogP contribution is 2.25. The largest absolute Gasteiger partial charge is 0.373 e. The van der Waals surface area contributed by atoms with Gasteiger partial charge in [0.1, 0.15) is 6.10 Å². The van der Waals surface area contributed by atoms with Crippen LogP contribution in [0.2, 0.25) is 0 Å². The van der Waals surface area contributed by atoms with E-state index in [0.29, 0.717) is 23.7 Å². The summed E-state index contributed by atoms with van der Waals surface area (Å²) >= 11 is 0. The minimum absolute atomic E-state index is 0.107. The average molecular weight is 269 g/mol. The van der Waals surface area contributed by atoms with E-state index in [4.69, 9.17) is 9.26 Å². The number of ether oxygens (including phenoxy) is 1. The number of hydrogen-bond donors (Lipinski definition) is 1. The second-order valence-corrected chi connectivity index (χ2v) is 5.25. The summed E-state index contributed by atoms with van der Waals surface area (Å²) in [5, 5.41) is 7.51. The van der Waals surface area contributed by atoms with Gasteiger partial charge in [-0.1, -0.05) is 39.8 Å². The van der Waals surface area contributed by atoms with Crippen LogP contribution in [-0.2, 0) is 4.74 Å². The lowest BCUT2D eigenvalue weighted by molar-refractivity contribution is 0.0555. The summed E-state index contributed by atoms with van der Waals surface area (Å²) in [6.45, 7) is 11.5. The molecular formula is C14H27N3O2. The normalized spacial score (nSPS) is 16.6. The molecule has 0 aromatic carbocycles. The van der Waals surface area contributed by atoms with Crippen LogP contribution >= 0.6 is 0 Å². The molecule has 5 heteroatoms. The molecule has 0 amide bonds. The van der Waals surface area contributed by atoms with E-state index in [9.17, 15) is 0 Å². The van der Waals surface area contributed by atoms with Gasteiger partial charge in [0, 0.05) is 13.2 Å². The van der Waals surface area contributed by atoms with Crippen molar-refractivity contribution in [3.63, 3.8) is 0 Å². The van der Waals surface area contributed by atoms with Crippen molar-refractivity contribution < 1.29 is 9.26 Å². The van der Waals surface area contributed by atoms with E-state index in [1.54, 1.807) is 7.11 Å². The second kappa shape index (κ2) is 7.60. The summed E-state index contributed by atoms with van der Waals surface area (Å²) in [6.07, 6.45) is 0.925. The van der Waals surface area contributed by atoms with Crippen LogP contribution in [0.25, 0.3) is 0 Å². The van der Waals surface area contributed by atoms with Crippen LogP contribution in [0.3, 0.4) is 0 Å². The molecule has 0 spiro atoms. The topological polar surface area (TPSA) is 60.2 Å². The maximum Gasteiger partial charge on any atom is 0.231 e. The van der Waals surface area contributed by atoms with E-state index in [-0.39, 0.29) is 12.0 Å². The van der Waals surface area contributed by atoms with Gasteiger partial charge in [-0.15, -0.1) is 0 Å². The molecule has 0 radical (unpaired) electrons. The average Bonchev–Trinajstić information content (AvgIpc) is 2.85. The van der Waals surface area contributed by atoms with Gasteiger partial charge in [0.15, 0.2) is 0 Å². The minimum atomic E-state index is -0.107. The number of aromatic nitrogens is 2. The zero-order valence-corrected chi connectivity index (χ0v) is 12.9. The first kappa shape index (κ1) is 16.1. The Kier molecular flexibility index (Phi) is 6.45. The summed E-state index contributed by atoms with van der Waals surface area (Å²) in [4.78, 5) is 4.51. The van der Waals surface area contributed by atoms with Crippen LogP contribution in [0.1, 0.15) is 64.8 Å². The van der Waals surface area contributed by atoms with Crippen LogP contribution in [0.15, 0.2) is 4.52 Å². The number of nitrogens with zero attached hydrogens (tertiary/aromatic N) is 2. The lowest BCUT2D eigenvalue weighted by Crippen LogP contribution is -2.33. The molecule has 0 aliphatic heterocycles. The fourth-order valence-corrected chi connectivity index (χ4v) is 2.33. The fraction of sp³-hybridized carbons (Fsp3) is 0.857. The molecule has 19 heavy (non-hydrogen) atoms. The van der Waals surface area contributed by atoms with E-state index in [1.165, 1.54) is 0 Å². The van der Waals surface area contributed by atoms with Gasteiger partial charge in [-0.2, -0.15) is 4.98 Å². The van der Waals surface area contributed by atoms with Gasteiger partial charge in [0.05, 0.1) is 5.92 Å². The molecule has 1 rings (SSSR count). The highest BCUT2D eigenvalue weighted by Gasteiger charge is 2.26. The molecule has 0 saturated carbocycles. The maximum absolute atomic E-state index is 5.42. The van der Waals surface area contributed by atoms with Crippen molar-refractivity contribution in [2.75, 3.05) is 13.7 Å². The Balaban J connectivity index is 2.83. The lowest BCUT2D eigenvalue weighted by Gasteiger charge is -2.20. The van der Waals surface area contributed by atoms with Crippen LogP contribution in [-0.4, -0.2) is 29.8 Å². The standard InChI is InChI=1S/C14H27N3O2/c1-7-11(15-8-2)10(5)14-16-13(17-19-14)12(18-6)9(3)4/h9-12,15H,7-8H2,1-6H3. The Bertz CT molecular complexity index is 365. The van der Waals surface area contributed by atoms with E-state index in [2.05, 4.69) is 50.1 Å². The van der Waals surface area contributed by atoms with Crippen LogP contribution < -0.4 is 5.32 Å². The molecule has 1 aromatic rings. The predicted molar refractivity (Wildman–Crippen MR) is 75.1 cm³/mol. The molecule has 0 saturated heterocycles. The molecule has 5 nitrogen and oxygen atoms in total. The molecule has 110 valence electrons. The summed E-state index contributed by atoms with van der Waals surface area (Å²) in [5.41, 5.74) is 0. The maximum atomic E-state index is 5.42. The number of methoxy groups -OCH3 is 1. The van der Waals surface area contributed by atoms with Gasteiger partial charge in [0.2, 0.25) is 11.7 Å². The van der Waals surface area contributed by atoms with Crippen molar-refractivity contribution >= 4 is 0 Å². The predicted octanol–water partition coefficient (Wildman–Crippen LogP) is 2.90. The van der Waals surface area contributed by atoms with Crippen molar-refractivity contribution in [3.05, 3.63) is 11.7 Å². The van der Waals surface area contributed by atoms with Gasteiger partial charge in [0.25, 0.3) is 0 Å². The summed E-state index contributed by atoms with van der Waals surface area (Å²) in [5.74, 6) is 1.86. The molecule has 1 aromatic heterocycles. The number of nitrogens with one attached hydrogen (secondary N) is 1. The summed E-state index contributed by atoms with van der Waals surface area (Å²) in [6, 6.07) is 0.360. The highest BCUT2D eigenvalue weighted by molar-refractivity contribution is 5.00. The number of rotatable bonds is 8. The number of hydrogen-bond acceptors (Lipinski definition) is 5. The zero-order valence-electron chi connectivity index (χ0n) is 12.9. The monoisotopic (exact) mass is 269 g/mol. The van der Waals surface area contributed by atoms with Gasteiger partial charge >= 0.3 is 0 Å². The van der Waals surface area contributed by atoms with Gasteiger partial charge in [-0.3, -0.25) is 0 Å². The van der Waals surface area contributed by atoms with Crippen molar-refractivity contribution in [2.45, 2.75) is 59.1 Å². The smallest absolute Gasteiger partial charge is 0.231 e.